The van der Waals surface area contributed by atoms with Gasteiger partial charge in [0.1, 0.15) is 11.3 Å². The fourth-order valence-corrected chi connectivity index (χ4v) is 3.85. The second kappa shape index (κ2) is 6.17. The summed E-state index contributed by atoms with van der Waals surface area (Å²) in [6, 6.07) is 14.2. The lowest BCUT2D eigenvalue weighted by molar-refractivity contribution is 0.0969. The first-order valence-corrected chi connectivity index (χ1v) is 9.35. The molecule has 0 saturated heterocycles. The molecule has 6 heteroatoms. The van der Waals surface area contributed by atoms with Crippen LogP contribution in [0.5, 0.6) is 0 Å². The highest BCUT2D eigenvalue weighted by Crippen LogP contribution is 2.40. The molecule has 3 heterocycles. The summed E-state index contributed by atoms with van der Waals surface area (Å²) in [4.78, 5) is 28.3. The number of nitrogens with zero attached hydrogens (tertiary/aromatic N) is 2. The number of benzene rings is 2. The third-order valence-electron chi connectivity index (χ3n) is 5.28. The van der Waals surface area contributed by atoms with Gasteiger partial charge >= 0.3 is 0 Å². The largest absolute Gasteiger partial charge is 0.450 e. The first kappa shape index (κ1) is 17.4. The van der Waals surface area contributed by atoms with Gasteiger partial charge in [0.2, 0.25) is 5.76 Å². The van der Waals surface area contributed by atoms with E-state index in [0.717, 1.165) is 16.7 Å². The van der Waals surface area contributed by atoms with Crippen molar-refractivity contribution in [3.8, 4) is 0 Å². The highest BCUT2D eigenvalue weighted by atomic mass is 16.5. The van der Waals surface area contributed by atoms with E-state index in [1.165, 1.54) is 4.90 Å². The smallest absolute Gasteiger partial charge is 0.296 e. The molecule has 5 rings (SSSR count). The zero-order valence-electron chi connectivity index (χ0n) is 16.2. The highest BCUT2D eigenvalue weighted by molar-refractivity contribution is 6.10. The Morgan fingerprint density at radius 2 is 1.66 bits per heavy atom. The quantitative estimate of drug-likeness (QED) is 0.508. The van der Waals surface area contributed by atoms with Gasteiger partial charge in [-0.15, -0.1) is 0 Å². The van der Waals surface area contributed by atoms with E-state index in [-0.39, 0.29) is 11.2 Å². The van der Waals surface area contributed by atoms with Crippen molar-refractivity contribution >= 4 is 22.7 Å². The van der Waals surface area contributed by atoms with Crippen LogP contribution in [-0.4, -0.2) is 11.1 Å². The third kappa shape index (κ3) is 2.60. The van der Waals surface area contributed by atoms with Gasteiger partial charge in [0.05, 0.1) is 17.0 Å². The number of rotatable bonds is 2. The van der Waals surface area contributed by atoms with Gasteiger partial charge in [-0.1, -0.05) is 46.6 Å². The summed E-state index contributed by atoms with van der Waals surface area (Å²) in [7, 11) is 0. The molecule has 0 fully saturated rings. The predicted molar refractivity (Wildman–Crippen MR) is 108 cm³/mol. The summed E-state index contributed by atoms with van der Waals surface area (Å²) >= 11 is 0. The SMILES string of the molecule is Cc1ccc(C2c3c(oc4ccc(C)cc4c3=O)C(=O)N2c2cc(C)on2)cc1. The van der Waals surface area contributed by atoms with Crippen LogP contribution in [0, 0.1) is 20.8 Å². The van der Waals surface area contributed by atoms with E-state index in [1.54, 1.807) is 25.1 Å². The van der Waals surface area contributed by atoms with Crippen LogP contribution in [0.15, 0.2) is 62.3 Å². The maximum Gasteiger partial charge on any atom is 0.296 e. The summed E-state index contributed by atoms with van der Waals surface area (Å²) in [5.74, 6) is 0.576. The first-order chi connectivity index (χ1) is 13.9. The standard InChI is InChI=1S/C23H18N2O4/c1-12-4-7-15(8-5-12)20-19-21(26)16-10-13(2)6-9-17(16)28-22(19)23(27)25(20)18-11-14(3)29-24-18/h4-11,20H,1-3H3. The Balaban J connectivity index is 1.83. The topological polar surface area (TPSA) is 76.6 Å². The number of carbonyl (C=O) groups excluding carboxylic acids is 1. The minimum atomic E-state index is -0.635. The molecule has 2 aromatic heterocycles. The van der Waals surface area contributed by atoms with E-state index in [4.69, 9.17) is 8.94 Å². The van der Waals surface area contributed by atoms with E-state index in [0.29, 0.717) is 28.1 Å². The molecule has 0 saturated carbocycles. The van der Waals surface area contributed by atoms with Crippen LogP contribution in [0.3, 0.4) is 0 Å². The van der Waals surface area contributed by atoms with Crippen molar-refractivity contribution in [1.82, 2.24) is 5.16 Å². The molecule has 0 spiro atoms. The van der Waals surface area contributed by atoms with Gasteiger partial charge in [-0.05, 0) is 38.5 Å². The second-order valence-electron chi connectivity index (χ2n) is 7.46. The van der Waals surface area contributed by atoms with Crippen molar-refractivity contribution < 1.29 is 13.7 Å². The Morgan fingerprint density at radius 3 is 2.34 bits per heavy atom. The number of aryl methyl sites for hydroxylation is 3. The molecule has 1 amide bonds. The predicted octanol–water partition coefficient (Wildman–Crippen LogP) is 4.46. The molecule has 1 unspecified atom stereocenters. The van der Waals surface area contributed by atoms with Crippen LogP contribution in [0.2, 0.25) is 0 Å². The molecule has 1 aliphatic rings. The number of hydrogen-bond donors (Lipinski definition) is 0. The van der Waals surface area contributed by atoms with Gasteiger partial charge in [-0.3, -0.25) is 14.5 Å². The van der Waals surface area contributed by atoms with Crippen molar-refractivity contribution in [2.24, 2.45) is 0 Å². The summed E-state index contributed by atoms with van der Waals surface area (Å²) in [6.45, 7) is 5.66. The summed E-state index contributed by atoms with van der Waals surface area (Å²) < 4.78 is 11.1. The lowest BCUT2D eigenvalue weighted by Gasteiger charge is -2.22. The number of fused-ring (bicyclic) bond motifs is 2. The normalized spacial score (nSPS) is 15.9. The van der Waals surface area contributed by atoms with Crippen molar-refractivity contribution in [1.29, 1.82) is 0 Å². The van der Waals surface area contributed by atoms with Crippen molar-refractivity contribution in [2.45, 2.75) is 26.8 Å². The number of anilines is 1. The van der Waals surface area contributed by atoms with Crippen molar-refractivity contribution in [3.05, 3.63) is 92.5 Å². The van der Waals surface area contributed by atoms with Crippen molar-refractivity contribution in [2.75, 3.05) is 4.90 Å². The monoisotopic (exact) mass is 386 g/mol. The molecule has 29 heavy (non-hydrogen) atoms. The van der Waals surface area contributed by atoms with Gasteiger partial charge in [-0.2, -0.15) is 0 Å². The van der Waals surface area contributed by atoms with E-state index < -0.39 is 11.9 Å². The molecule has 4 aromatic rings. The van der Waals surface area contributed by atoms with Crippen LogP contribution in [0.25, 0.3) is 11.0 Å². The van der Waals surface area contributed by atoms with Gasteiger partial charge in [-0.25, -0.2) is 0 Å². The average molecular weight is 386 g/mol. The Morgan fingerprint density at radius 1 is 0.931 bits per heavy atom. The van der Waals surface area contributed by atoms with E-state index >= 15 is 0 Å². The van der Waals surface area contributed by atoms with Crippen LogP contribution < -0.4 is 10.3 Å². The molecule has 1 atom stereocenters. The lowest BCUT2D eigenvalue weighted by atomic mass is 9.97. The number of aromatic nitrogens is 1. The molecule has 0 radical (unpaired) electrons. The minimum Gasteiger partial charge on any atom is -0.450 e. The van der Waals surface area contributed by atoms with Crippen LogP contribution >= 0.6 is 0 Å². The fraction of sp³-hybridized carbons (Fsp3) is 0.174. The van der Waals surface area contributed by atoms with Crippen LogP contribution in [0.1, 0.15) is 44.6 Å². The average Bonchev–Trinajstić information content (AvgIpc) is 3.25. The minimum absolute atomic E-state index is 0.0533. The molecule has 0 aliphatic carbocycles. The molecule has 0 bridgehead atoms. The number of hydrogen-bond acceptors (Lipinski definition) is 5. The number of carbonyl (C=O) groups is 1. The van der Waals surface area contributed by atoms with Crippen molar-refractivity contribution in [3.63, 3.8) is 0 Å². The van der Waals surface area contributed by atoms with E-state index in [1.807, 2.05) is 44.2 Å². The van der Waals surface area contributed by atoms with Gasteiger partial charge in [0.25, 0.3) is 5.91 Å². The summed E-state index contributed by atoms with van der Waals surface area (Å²) in [5, 5.41) is 4.49. The number of amides is 1. The van der Waals surface area contributed by atoms with E-state index in [9.17, 15) is 9.59 Å². The van der Waals surface area contributed by atoms with Gasteiger partial charge in [0, 0.05) is 6.07 Å². The van der Waals surface area contributed by atoms with Gasteiger partial charge < -0.3 is 8.94 Å². The Labute approximate surface area is 166 Å². The van der Waals surface area contributed by atoms with E-state index in [2.05, 4.69) is 5.16 Å². The van der Waals surface area contributed by atoms with Crippen LogP contribution in [0.4, 0.5) is 5.82 Å². The molecule has 144 valence electrons. The van der Waals surface area contributed by atoms with Crippen LogP contribution in [-0.2, 0) is 0 Å². The Bertz CT molecular complexity index is 1330. The third-order valence-corrected chi connectivity index (χ3v) is 5.28. The molecule has 0 N–H and O–H groups in total. The molecule has 1 aliphatic heterocycles. The zero-order chi connectivity index (χ0) is 20.3. The highest BCUT2D eigenvalue weighted by Gasteiger charge is 2.44. The summed E-state index contributed by atoms with van der Waals surface area (Å²) in [5.41, 5.74) is 3.37. The first-order valence-electron chi connectivity index (χ1n) is 9.35. The maximum absolute atomic E-state index is 13.5. The zero-order valence-corrected chi connectivity index (χ0v) is 16.2. The molecule has 2 aromatic carbocycles. The Kier molecular flexibility index (Phi) is 3.71. The molecular weight excluding hydrogens is 368 g/mol. The lowest BCUT2D eigenvalue weighted by Crippen LogP contribution is -2.29. The molecule has 6 nitrogen and oxygen atoms in total. The summed E-state index contributed by atoms with van der Waals surface area (Å²) in [6.07, 6.45) is 0. The fourth-order valence-electron chi connectivity index (χ4n) is 3.85. The van der Waals surface area contributed by atoms with Gasteiger partial charge in [0.15, 0.2) is 11.2 Å². The maximum atomic E-state index is 13.5. The Hall–Kier alpha value is -3.67. The molecular formula is C23H18N2O4. The second-order valence-corrected chi connectivity index (χ2v) is 7.46.